The van der Waals surface area contributed by atoms with Crippen LogP contribution >= 0.6 is 0 Å². The Morgan fingerprint density at radius 1 is 1.26 bits per heavy atom. The molecule has 0 aliphatic rings. The molecule has 0 aromatic heterocycles. The zero-order chi connectivity index (χ0) is 16.8. The molecule has 2 rings (SSSR count). The van der Waals surface area contributed by atoms with Crippen molar-refractivity contribution in [3.8, 4) is 5.75 Å². The standard InChI is InChI=1S/C15H14N2O5S/c1-22-11-6-7-13(12(8-11)15(18)19)17-16-9-10-4-2-3-5-14(10)23(20)21/h2-9,17,23H,1H3,(H,18,19)/b16-9+. The monoisotopic (exact) mass is 334 g/mol. The number of thiol groups is 1. The van der Waals surface area contributed by atoms with Gasteiger partial charge in [-0.1, -0.05) is 18.2 Å². The van der Waals surface area contributed by atoms with Crippen LogP contribution in [0.2, 0.25) is 0 Å². The lowest BCUT2D eigenvalue weighted by molar-refractivity contribution is 0.0697. The second-order valence-corrected chi connectivity index (χ2v) is 5.40. The van der Waals surface area contributed by atoms with Gasteiger partial charge in [0.2, 0.25) is 0 Å². The fraction of sp³-hybridized carbons (Fsp3) is 0.0667. The fourth-order valence-electron chi connectivity index (χ4n) is 1.86. The Bertz CT molecular complexity index is 822. The molecule has 0 unspecified atom stereocenters. The second kappa shape index (κ2) is 7.41. The van der Waals surface area contributed by atoms with Crippen LogP contribution in [0.1, 0.15) is 15.9 Å². The van der Waals surface area contributed by atoms with Gasteiger partial charge < -0.3 is 9.84 Å². The summed E-state index contributed by atoms with van der Waals surface area (Å²) in [6.07, 6.45) is 1.32. The molecule has 0 bridgehead atoms. The number of hydrogen-bond donors (Lipinski definition) is 3. The first kappa shape index (κ1) is 16.5. The van der Waals surface area contributed by atoms with E-state index in [4.69, 9.17) is 4.74 Å². The molecule has 2 N–H and O–H groups in total. The maximum absolute atomic E-state index is 11.2. The van der Waals surface area contributed by atoms with Crippen molar-refractivity contribution in [2.24, 2.45) is 5.10 Å². The topological polar surface area (TPSA) is 105 Å². The van der Waals surface area contributed by atoms with E-state index < -0.39 is 16.7 Å². The molecule has 0 amide bonds. The van der Waals surface area contributed by atoms with Gasteiger partial charge in [0.1, 0.15) is 5.75 Å². The highest BCUT2D eigenvalue weighted by molar-refractivity contribution is 7.72. The average Bonchev–Trinajstić information content (AvgIpc) is 2.55. The summed E-state index contributed by atoms with van der Waals surface area (Å²) in [4.78, 5) is 11.4. The van der Waals surface area contributed by atoms with Crippen LogP contribution in [-0.4, -0.2) is 32.8 Å². The highest BCUT2D eigenvalue weighted by atomic mass is 32.2. The van der Waals surface area contributed by atoms with E-state index in [1.807, 2.05) is 0 Å². The van der Waals surface area contributed by atoms with Gasteiger partial charge in [-0.25, -0.2) is 13.2 Å². The maximum Gasteiger partial charge on any atom is 0.338 e. The van der Waals surface area contributed by atoms with Crippen molar-refractivity contribution in [3.05, 3.63) is 53.6 Å². The van der Waals surface area contributed by atoms with E-state index in [0.29, 0.717) is 11.3 Å². The molecular formula is C15H14N2O5S. The zero-order valence-corrected chi connectivity index (χ0v) is 13.0. The quantitative estimate of drug-likeness (QED) is 0.423. The highest BCUT2D eigenvalue weighted by Crippen LogP contribution is 2.22. The Labute approximate surface area is 134 Å². The number of carboxylic acid groups (broad SMARTS) is 1. The van der Waals surface area contributed by atoms with Crippen molar-refractivity contribution in [3.63, 3.8) is 0 Å². The van der Waals surface area contributed by atoms with Crippen LogP contribution in [0, 0.1) is 0 Å². The third-order valence-electron chi connectivity index (χ3n) is 2.98. The predicted octanol–water partition coefficient (Wildman–Crippen LogP) is 1.81. The third-order valence-corrected chi connectivity index (χ3v) is 3.78. The van der Waals surface area contributed by atoms with Crippen LogP contribution in [0.25, 0.3) is 0 Å². The summed E-state index contributed by atoms with van der Waals surface area (Å²) in [5.41, 5.74) is 3.25. The number of ether oxygens (including phenoxy) is 1. The second-order valence-electron chi connectivity index (χ2n) is 4.40. The SMILES string of the molecule is COc1ccc(N/N=C/c2ccccc2[SH](=O)=O)c(C(=O)O)c1. The fourth-order valence-corrected chi connectivity index (χ4v) is 2.41. The van der Waals surface area contributed by atoms with E-state index in [9.17, 15) is 18.3 Å². The van der Waals surface area contributed by atoms with Gasteiger partial charge in [-0.3, -0.25) is 5.43 Å². The number of hydrogen-bond acceptors (Lipinski definition) is 6. The Morgan fingerprint density at radius 2 is 2.00 bits per heavy atom. The largest absolute Gasteiger partial charge is 0.497 e. The van der Waals surface area contributed by atoms with E-state index in [2.05, 4.69) is 10.5 Å². The van der Waals surface area contributed by atoms with Crippen LogP contribution in [0.5, 0.6) is 5.75 Å². The molecular weight excluding hydrogens is 320 g/mol. The summed E-state index contributed by atoms with van der Waals surface area (Å²) in [6.45, 7) is 0. The van der Waals surface area contributed by atoms with Gasteiger partial charge >= 0.3 is 5.97 Å². The number of aromatic carboxylic acids is 1. The Morgan fingerprint density at radius 3 is 2.65 bits per heavy atom. The first-order chi connectivity index (χ1) is 11.0. The molecule has 0 fully saturated rings. The van der Waals surface area contributed by atoms with E-state index in [1.165, 1.54) is 31.5 Å². The smallest absolute Gasteiger partial charge is 0.338 e. The third kappa shape index (κ3) is 4.07. The summed E-state index contributed by atoms with van der Waals surface area (Å²) >= 11 is 0. The van der Waals surface area contributed by atoms with Crippen molar-refractivity contribution in [2.45, 2.75) is 4.90 Å². The number of nitrogens with one attached hydrogen (secondary N) is 1. The van der Waals surface area contributed by atoms with Crippen molar-refractivity contribution in [2.75, 3.05) is 12.5 Å². The molecule has 0 saturated carbocycles. The Hall–Kier alpha value is -2.87. The van der Waals surface area contributed by atoms with Crippen molar-refractivity contribution in [1.82, 2.24) is 0 Å². The molecule has 0 heterocycles. The van der Waals surface area contributed by atoms with Crippen molar-refractivity contribution in [1.29, 1.82) is 0 Å². The van der Waals surface area contributed by atoms with E-state index >= 15 is 0 Å². The number of rotatable bonds is 6. The zero-order valence-electron chi connectivity index (χ0n) is 12.1. The molecule has 0 saturated heterocycles. The maximum atomic E-state index is 11.2. The number of methoxy groups -OCH3 is 1. The highest BCUT2D eigenvalue weighted by Gasteiger charge is 2.11. The molecule has 0 aliphatic heterocycles. The normalized spacial score (nSPS) is 10.9. The van der Waals surface area contributed by atoms with Gasteiger partial charge in [0, 0.05) is 5.56 Å². The Kier molecular flexibility index (Phi) is 5.32. The average molecular weight is 334 g/mol. The van der Waals surface area contributed by atoms with Gasteiger partial charge in [0.15, 0.2) is 10.7 Å². The molecule has 2 aromatic carbocycles. The number of nitrogens with zero attached hydrogens (tertiary/aromatic N) is 1. The van der Waals surface area contributed by atoms with Crippen LogP contribution in [0.15, 0.2) is 52.5 Å². The van der Waals surface area contributed by atoms with Gasteiger partial charge in [-0.15, -0.1) is 0 Å². The van der Waals surface area contributed by atoms with Crippen molar-refractivity contribution < 1.29 is 23.1 Å². The van der Waals surface area contributed by atoms with Crippen LogP contribution in [0.3, 0.4) is 0 Å². The van der Waals surface area contributed by atoms with Crippen molar-refractivity contribution >= 4 is 28.6 Å². The lowest BCUT2D eigenvalue weighted by Gasteiger charge is -2.07. The first-order valence-electron chi connectivity index (χ1n) is 6.46. The van der Waals surface area contributed by atoms with Crippen LogP contribution < -0.4 is 10.2 Å². The van der Waals surface area contributed by atoms with E-state index in [1.54, 1.807) is 24.3 Å². The minimum atomic E-state index is -2.74. The molecule has 7 nitrogen and oxygen atoms in total. The summed E-state index contributed by atoms with van der Waals surface area (Å²) in [7, 11) is -1.30. The molecule has 8 heteroatoms. The van der Waals surface area contributed by atoms with Gasteiger partial charge in [0.05, 0.1) is 29.5 Å². The minimum absolute atomic E-state index is 0.00955. The first-order valence-corrected chi connectivity index (χ1v) is 7.64. The lowest BCUT2D eigenvalue weighted by Crippen LogP contribution is -2.03. The number of carboxylic acids is 1. The van der Waals surface area contributed by atoms with Crippen LogP contribution in [0.4, 0.5) is 5.69 Å². The molecule has 0 aliphatic carbocycles. The molecule has 0 radical (unpaired) electrons. The van der Waals surface area contributed by atoms with Gasteiger partial charge in [0.25, 0.3) is 0 Å². The summed E-state index contributed by atoms with van der Waals surface area (Å²) in [5.74, 6) is -0.727. The molecule has 0 atom stereocenters. The number of anilines is 1. The summed E-state index contributed by atoms with van der Waals surface area (Å²) < 4.78 is 27.2. The van der Waals surface area contributed by atoms with Gasteiger partial charge in [-0.2, -0.15) is 5.10 Å². The molecule has 23 heavy (non-hydrogen) atoms. The minimum Gasteiger partial charge on any atom is -0.497 e. The van der Waals surface area contributed by atoms with Crippen LogP contribution in [-0.2, 0) is 10.7 Å². The Balaban J connectivity index is 2.26. The van der Waals surface area contributed by atoms with Gasteiger partial charge in [-0.05, 0) is 24.3 Å². The molecule has 2 aromatic rings. The van der Waals surface area contributed by atoms with E-state index in [0.717, 1.165) is 0 Å². The van der Waals surface area contributed by atoms with E-state index in [-0.39, 0.29) is 16.1 Å². The number of hydrazone groups is 1. The molecule has 0 spiro atoms. The predicted molar refractivity (Wildman–Crippen MR) is 86.2 cm³/mol. The number of carbonyl (C=O) groups is 1. The molecule has 120 valence electrons. The number of benzene rings is 2. The summed E-state index contributed by atoms with van der Waals surface area (Å²) in [6, 6.07) is 10.8. The summed E-state index contributed by atoms with van der Waals surface area (Å²) in [5, 5.41) is 13.1. The lowest BCUT2D eigenvalue weighted by atomic mass is 10.1.